The maximum atomic E-state index is 6.35. The molecule has 1 aromatic rings. The van der Waals surface area contributed by atoms with E-state index in [1.807, 2.05) is 12.1 Å². The van der Waals surface area contributed by atoms with E-state index < -0.39 is 0 Å². The Kier molecular flexibility index (Phi) is 4.58. The summed E-state index contributed by atoms with van der Waals surface area (Å²) >= 11 is 6.35. The first-order valence-corrected chi connectivity index (χ1v) is 7.13. The van der Waals surface area contributed by atoms with Crippen LogP contribution in [0.1, 0.15) is 31.7 Å². The van der Waals surface area contributed by atoms with Crippen molar-refractivity contribution in [2.75, 3.05) is 20.8 Å². The number of rotatable bonds is 7. The van der Waals surface area contributed by atoms with Gasteiger partial charge in [0.05, 0.1) is 19.2 Å². The van der Waals surface area contributed by atoms with Crippen LogP contribution in [0, 0.1) is 5.41 Å². The standard InChI is InChI=1S/C15H22ClNO2/c1-4-15(7-8-15)10-17-9-11-5-6-12(18-2)14(19-3)13(11)16/h5-6,17H,4,7-10H2,1-3H3. The zero-order valence-electron chi connectivity index (χ0n) is 11.9. The molecule has 0 radical (unpaired) electrons. The zero-order valence-corrected chi connectivity index (χ0v) is 12.6. The molecule has 1 fully saturated rings. The Bertz CT molecular complexity index is 444. The molecule has 0 spiro atoms. The third-order valence-electron chi connectivity index (χ3n) is 4.09. The van der Waals surface area contributed by atoms with E-state index in [2.05, 4.69) is 12.2 Å². The second-order valence-electron chi connectivity index (χ2n) is 5.23. The highest BCUT2D eigenvalue weighted by molar-refractivity contribution is 6.33. The lowest BCUT2D eigenvalue weighted by Crippen LogP contribution is -2.23. The number of hydrogen-bond acceptors (Lipinski definition) is 3. The lowest BCUT2D eigenvalue weighted by atomic mass is 10.0. The summed E-state index contributed by atoms with van der Waals surface area (Å²) in [6, 6.07) is 3.89. The van der Waals surface area contributed by atoms with E-state index in [4.69, 9.17) is 21.1 Å². The molecule has 106 valence electrons. The van der Waals surface area contributed by atoms with Crippen LogP contribution in [0.25, 0.3) is 0 Å². The molecule has 0 saturated heterocycles. The van der Waals surface area contributed by atoms with Gasteiger partial charge in [-0.15, -0.1) is 0 Å². The van der Waals surface area contributed by atoms with Crippen LogP contribution in [0.5, 0.6) is 11.5 Å². The Labute approximate surface area is 120 Å². The maximum absolute atomic E-state index is 6.35. The number of ether oxygens (including phenoxy) is 2. The second-order valence-corrected chi connectivity index (χ2v) is 5.61. The Morgan fingerprint density at radius 1 is 1.26 bits per heavy atom. The summed E-state index contributed by atoms with van der Waals surface area (Å²) in [4.78, 5) is 0. The summed E-state index contributed by atoms with van der Waals surface area (Å²) in [5, 5.41) is 4.14. The molecule has 1 saturated carbocycles. The third kappa shape index (κ3) is 3.15. The number of nitrogens with one attached hydrogen (secondary N) is 1. The van der Waals surface area contributed by atoms with Crippen LogP contribution >= 0.6 is 11.6 Å². The van der Waals surface area contributed by atoms with Crippen LogP contribution < -0.4 is 14.8 Å². The smallest absolute Gasteiger partial charge is 0.179 e. The van der Waals surface area contributed by atoms with Crippen molar-refractivity contribution in [2.24, 2.45) is 5.41 Å². The molecule has 0 aliphatic heterocycles. The fourth-order valence-corrected chi connectivity index (χ4v) is 2.66. The van der Waals surface area contributed by atoms with Crippen LogP contribution in [0.3, 0.4) is 0 Å². The highest BCUT2D eigenvalue weighted by Gasteiger charge is 2.39. The predicted molar refractivity (Wildman–Crippen MR) is 78.2 cm³/mol. The van der Waals surface area contributed by atoms with Gasteiger partial charge in [0.25, 0.3) is 0 Å². The van der Waals surface area contributed by atoms with Gasteiger partial charge in [-0.2, -0.15) is 0 Å². The SMILES string of the molecule is CCC1(CNCc2ccc(OC)c(OC)c2Cl)CC1. The minimum Gasteiger partial charge on any atom is -0.493 e. The molecule has 3 nitrogen and oxygen atoms in total. The second kappa shape index (κ2) is 6.02. The van der Waals surface area contributed by atoms with Crippen molar-refractivity contribution >= 4 is 11.6 Å². The molecule has 1 N–H and O–H groups in total. The predicted octanol–water partition coefficient (Wildman–Crippen LogP) is 3.64. The van der Waals surface area contributed by atoms with Gasteiger partial charge in [-0.25, -0.2) is 0 Å². The van der Waals surface area contributed by atoms with Gasteiger partial charge in [0.1, 0.15) is 0 Å². The maximum Gasteiger partial charge on any atom is 0.179 e. The molecule has 1 aromatic carbocycles. The third-order valence-corrected chi connectivity index (χ3v) is 4.50. The van der Waals surface area contributed by atoms with Gasteiger partial charge in [-0.05, 0) is 36.3 Å². The average Bonchev–Trinajstić information content (AvgIpc) is 3.21. The van der Waals surface area contributed by atoms with Gasteiger partial charge >= 0.3 is 0 Å². The molecule has 0 bridgehead atoms. The van der Waals surface area contributed by atoms with Crippen molar-refractivity contribution in [3.63, 3.8) is 0 Å². The van der Waals surface area contributed by atoms with E-state index in [1.54, 1.807) is 14.2 Å². The molecule has 0 unspecified atom stereocenters. The van der Waals surface area contributed by atoms with Gasteiger partial charge in [-0.1, -0.05) is 24.6 Å². The molecular weight excluding hydrogens is 262 g/mol. The van der Waals surface area contributed by atoms with Gasteiger partial charge in [0.15, 0.2) is 11.5 Å². The molecule has 0 atom stereocenters. The summed E-state index contributed by atoms with van der Waals surface area (Å²) in [6.07, 6.45) is 3.94. The first-order valence-electron chi connectivity index (χ1n) is 6.76. The van der Waals surface area contributed by atoms with Crippen molar-refractivity contribution in [1.29, 1.82) is 0 Å². The van der Waals surface area contributed by atoms with Crippen LogP contribution in [0.4, 0.5) is 0 Å². The Hall–Kier alpha value is -0.930. The topological polar surface area (TPSA) is 30.5 Å². The molecule has 0 heterocycles. The minimum atomic E-state index is 0.545. The molecule has 0 aromatic heterocycles. The molecule has 0 amide bonds. The number of halogens is 1. The monoisotopic (exact) mass is 283 g/mol. The Morgan fingerprint density at radius 3 is 2.53 bits per heavy atom. The fourth-order valence-electron chi connectivity index (χ4n) is 2.36. The van der Waals surface area contributed by atoms with Gasteiger partial charge in [0.2, 0.25) is 0 Å². The molecular formula is C15H22ClNO2. The normalized spacial score (nSPS) is 16.2. The molecule has 2 rings (SSSR count). The molecule has 19 heavy (non-hydrogen) atoms. The van der Waals surface area contributed by atoms with Crippen molar-refractivity contribution in [2.45, 2.75) is 32.7 Å². The van der Waals surface area contributed by atoms with E-state index in [1.165, 1.54) is 19.3 Å². The van der Waals surface area contributed by atoms with E-state index in [0.717, 1.165) is 18.7 Å². The van der Waals surface area contributed by atoms with Crippen LogP contribution in [-0.4, -0.2) is 20.8 Å². The van der Waals surface area contributed by atoms with Gasteiger partial charge in [0, 0.05) is 13.1 Å². The number of hydrogen-bond donors (Lipinski definition) is 1. The van der Waals surface area contributed by atoms with E-state index in [0.29, 0.717) is 21.9 Å². The van der Waals surface area contributed by atoms with Crippen molar-refractivity contribution in [1.82, 2.24) is 5.32 Å². The highest BCUT2D eigenvalue weighted by atomic mass is 35.5. The lowest BCUT2D eigenvalue weighted by molar-refractivity contribution is 0.354. The highest BCUT2D eigenvalue weighted by Crippen LogP contribution is 2.48. The van der Waals surface area contributed by atoms with Crippen molar-refractivity contribution in [3.05, 3.63) is 22.7 Å². The van der Waals surface area contributed by atoms with Crippen molar-refractivity contribution in [3.8, 4) is 11.5 Å². The van der Waals surface area contributed by atoms with E-state index in [9.17, 15) is 0 Å². The largest absolute Gasteiger partial charge is 0.493 e. The fraction of sp³-hybridized carbons (Fsp3) is 0.600. The van der Waals surface area contributed by atoms with Gasteiger partial charge in [-0.3, -0.25) is 0 Å². The average molecular weight is 284 g/mol. The summed E-state index contributed by atoms with van der Waals surface area (Å²) in [7, 11) is 3.22. The van der Waals surface area contributed by atoms with E-state index in [-0.39, 0.29) is 0 Å². The Morgan fingerprint density at radius 2 is 2.00 bits per heavy atom. The lowest BCUT2D eigenvalue weighted by Gasteiger charge is -2.16. The first-order chi connectivity index (χ1) is 9.15. The van der Waals surface area contributed by atoms with Gasteiger partial charge < -0.3 is 14.8 Å². The molecule has 1 aliphatic rings. The van der Waals surface area contributed by atoms with Crippen LogP contribution in [-0.2, 0) is 6.54 Å². The summed E-state index contributed by atoms with van der Waals surface area (Å²) in [5.74, 6) is 1.28. The van der Waals surface area contributed by atoms with E-state index >= 15 is 0 Å². The quantitative estimate of drug-likeness (QED) is 0.829. The molecule has 1 aliphatic carbocycles. The zero-order chi connectivity index (χ0) is 13.9. The summed E-state index contributed by atoms with van der Waals surface area (Å²) < 4.78 is 10.5. The molecule has 4 heteroatoms. The summed E-state index contributed by atoms with van der Waals surface area (Å²) in [6.45, 7) is 4.09. The minimum absolute atomic E-state index is 0.545. The van der Waals surface area contributed by atoms with Crippen molar-refractivity contribution < 1.29 is 9.47 Å². The number of methoxy groups -OCH3 is 2. The first kappa shape index (κ1) is 14.5. The summed E-state index contributed by atoms with van der Waals surface area (Å²) in [5.41, 5.74) is 1.59. The number of benzene rings is 1. The van der Waals surface area contributed by atoms with Crippen LogP contribution in [0.15, 0.2) is 12.1 Å². The van der Waals surface area contributed by atoms with Crippen LogP contribution in [0.2, 0.25) is 5.02 Å². The Balaban J connectivity index is 2.00.